The molecule has 0 bridgehead atoms. The molecule has 20 heavy (non-hydrogen) atoms. The van der Waals surface area contributed by atoms with Crippen molar-refractivity contribution in [3.8, 4) is 0 Å². The minimum Gasteiger partial charge on any atom is -0.384 e. The summed E-state index contributed by atoms with van der Waals surface area (Å²) in [7, 11) is 1.77. The Morgan fingerprint density at radius 1 is 1.35 bits per heavy atom. The lowest BCUT2D eigenvalue weighted by Gasteiger charge is -2.11. The van der Waals surface area contributed by atoms with E-state index in [2.05, 4.69) is 15.4 Å². The number of hydrogen-bond donors (Lipinski definition) is 2. The zero-order valence-electron chi connectivity index (χ0n) is 11.0. The van der Waals surface area contributed by atoms with Crippen molar-refractivity contribution in [1.82, 2.24) is 14.8 Å². The summed E-state index contributed by atoms with van der Waals surface area (Å²) < 4.78 is 39.6. The number of nitrogens with two attached hydrogens (primary N) is 1. The number of rotatable bonds is 3. The van der Waals surface area contributed by atoms with Crippen LogP contribution in [-0.4, -0.2) is 14.8 Å². The van der Waals surface area contributed by atoms with Crippen molar-refractivity contribution < 1.29 is 13.2 Å². The highest BCUT2D eigenvalue weighted by Gasteiger charge is 2.31. The Hall–Kier alpha value is -2.25. The van der Waals surface area contributed by atoms with E-state index in [-0.39, 0.29) is 11.6 Å². The van der Waals surface area contributed by atoms with Crippen LogP contribution >= 0.6 is 0 Å². The predicted molar refractivity (Wildman–Crippen MR) is 68.9 cm³/mol. The molecule has 0 aliphatic heterocycles. The third-order valence-corrected chi connectivity index (χ3v) is 2.75. The molecule has 8 heteroatoms. The molecule has 0 radical (unpaired) electrons. The monoisotopic (exact) mass is 285 g/mol. The van der Waals surface area contributed by atoms with Gasteiger partial charge >= 0.3 is 6.18 Å². The van der Waals surface area contributed by atoms with Crippen LogP contribution in [0.1, 0.15) is 16.8 Å². The zero-order valence-corrected chi connectivity index (χ0v) is 11.0. The van der Waals surface area contributed by atoms with Crippen molar-refractivity contribution >= 4 is 11.6 Å². The zero-order chi connectivity index (χ0) is 14.9. The smallest absolute Gasteiger partial charge is 0.384 e. The minimum atomic E-state index is -4.45. The summed E-state index contributed by atoms with van der Waals surface area (Å²) in [5, 5.41) is 6.97. The van der Waals surface area contributed by atoms with Gasteiger partial charge in [-0.15, -0.1) is 0 Å². The van der Waals surface area contributed by atoms with E-state index in [1.54, 1.807) is 17.9 Å². The molecule has 0 saturated carbocycles. The Labute approximate surface area is 113 Å². The molecule has 2 aromatic rings. The Bertz CT molecular complexity index is 618. The van der Waals surface area contributed by atoms with E-state index in [1.165, 1.54) is 0 Å². The molecular formula is C12H14F3N5. The summed E-state index contributed by atoms with van der Waals surface area (Å²) in [5.74, 6) is -0.0918. The first-order valence-corrected chi connectivity index (χ1v) is 5.83. The molecule has 2 heterocycles. The summed E-state index contributed by atoms with van der Waals surface area (Å²) in [4.78, 5) is 3.84. The molecule has 108 valence electrons. The van der Waals surface area contributed by atoms with Crippen molar-refractivity contribution in [3.05, 3.63) is 35.2 Å². The standard InChI is InChI=1S/C12H14F3N5/c1-7-8(6-20(2)19-7)5-17-11-4-9(12(13,14)15)3-10(16)18-11/h3-4,6H,5H2,1-2H3,(H3,16,17,18). The number of nitrogens with zero attached hydrogens (tertiary/aromatic N) is 3. The summed E-state index contributed by atoms with van der Waals surface area (Å²) in [6.07, 6.45) is -2.66. The first-order chi connectivity index (χ1) is 9.25. The largest absolute Gasteiger partial charge is 0.416 e. The maximum Gasteiger partial charge on any atom is 0.416 e. The molecule has 0 aliphatic rings. The van der Waals surface area contributed by atoms with Gasteiger partial charge in [0, 0.05) is 25.4 Å². The van der Waals surface area contributed by atoms with Gasteiger partial charge in [-0.1, -0.05) is 0 Å². The van der Waals surface area contributed by atoms with E-state index in [0.29, 0.717) is 6.54 Å². The van der Waals surface area contributed by atoms with Gasteiger partial charge < -0.3 is 11.1 Å². The van der Waals surface area contributed by atoms with Crippen LogP contribution in [0.2, 0.25) is 0 Å². The fourth-order valence-corrected chi connectivity index (χ4v) is 1.81. The van der Waals surface area contributed by atoms with Crippen LogP contribution in [0.5, 0.6) is 0 Å². The van der Waals surface area contributed by atoms with Crippen LogP contribution < -0.4 is 11.1 Å². The Balaban J connectivity index is 2.18. The molecule has 0 amide bonds. The van der Waals surface area contributed by atoms with Gasteiger partial charge in [0.05, 0.1) is 11.3 Å². The molecule has 0 aromatic carbocycles. The fraction of sp³-hybridized carbons (Fsp3) is 0.333. The summed E-state index contributed by atoms with van der Waals surface area (Å²) >= 11 is 0. The molecule has 0 fully saturated rings. The summed E-state index contributed by atoms with van der Waals surface area (Å²) in [6.45, 7) is 2.15. The fourth-order valence-electron chi connectivity index (χ4n) is 1.81. The number of anilines is 2. The number of nitrogens with one attached hydrogen (secondary N) is 1. The molecule has 0 aliphatic carbocycles. The number of aryl methyl sites for hydroxylation is 2. The maximum atomic E-state index is 12.7. The van der Waals surface area contributed by atoms with Crippen LogP contribution in [-0.2, 0) is 19.8 Å². The number of aromatic nitrogens is 3. The molecule has 3 N–H and O–H groups in total. The quantitative estimate of drug-likeness (QED) is 0.908. The van der Waals surface area contributed by atoms with Gasteiger partial charge in [0.25, 0.3) is 0 Å². The summed E-state index contributed by atoms with van der Waals surface area (Å²) in [6, 6.07) is 1.74. The van der Waals surface area contributed by atoms with Gasteiger partial charge in [-0.05, 0) is 19.1 Å². The van der Waals surface area contributed by atoms with Crippen LogP contribution in [0.25, 0.3) is 0 Å². The summed E-state index contributed by atoms with van der Waals surface area (Å²) in [5.41, 5.74) is 6.25. The number of hydrogen-bond acceptors (Lipinski definition) is 4. The van der Waals surface area contributed by atoms with E-state index >= 15 is 0 Å². The van der Waals surface area contributed by atoms with E-state index in [0.717, 1.165) is 23.4 Å². The third kappa shape index (κ3) is 3.19. The average molecular weight is 285 g/mol. The lowest BCUT2D eigenvalue weighted by Crippen LogP contribution is -2.10. The van der Waals surface area contributed by atoms with Crippen molar-refractivity contribution in [2.24, 2.45) is 7.05 Å². The van der Waals surface area contributed by atoms with Crippen molar-refractivity contribution in [2.75, 3.05) is 11.1 Å². The van der Waals surface area contributed by atoms with Gasteiger partial charge in [-0.3, -0.25) is 4.68 Å². The SMILES string of the molecule is Cc1nn(C)cc1CNc1cc(C(F)(F)F)cc(N)n1. The number of alkyl halides is 3. The molecule has 0 saturated heterocycles. The molecule has 2 aromatic heterocycles. The Morgan fingerprint density at radius 3 is 2.60 bits per heavy atom. The average Bonchev–Trinajstić information content (AvgIpc) is 2.63. The predicted octanol–water partition coefficient (Wildman–Crippen LogP) is 2.34. The first-order valence-electron chi connectivity index (χ1n) is 5.83. The topological polar surface area (TPSA) is 68.8 Å². The van der Waals surface area contributed by atoms with E-state index < -0.39 is 11.7 Å². The van der Waals surface area contributed by atoms with Crippen molar-refractivity contribution in [3.63, 3.8) is 0 Å². The Kier molecular flexibility index (Phi) is 3.56. The Morgan fingerprint density at radius 2 is 2.05 bits per heavy atom. The highest BCUT2D eigenvalue weighted by atomic mass is 19.4. The van der Waals surface area contributed by atoms with E-state index in [4.69, 9.17) is 5.73 Å². The molecule has 5 nitrogen and oxygen atoms in total. The van der Waals surface area contributed by atoms with Gasteiger partial charge in [0.15, 0.2) is 0 Å². The highest BCUT2D eigenvalue weighted by Crippen LogP contribution is 2.31. The van der Waals surface area contributed by atoms with E-state index in [1.807, 2.05) is 6.92 Å². The second-order valence-corrected chi connectivity index (χ2v) is 4.43. The molecule has 0 atom stereocenters. The number of pyridine rings is 1. The van der Waals surface area contributed by atoms with Gasteiger partial charge in [-0.2, -0.15) is 18.3 Å². The van der Waals surface area contributed by atoms with Crippen molar-refractivity contribution in [2.45, 2.75) is 19.6 Å². The molecule has 0 spiro atoms. The number of halogens is 3. The van der Waals surface area contributed by atoms with E-state index in [9.17, 15) is 13.2 Å². The minimum absolute atomic E-state index is 0.0839. The lowest BCUT2D eigenvalue weighted by atomic mass is 10.2. The molecule has 2 rings (SSSR count). The van der Waals surface area contributed by atoms with Crippen molar-refractivity contribution in [1.29, 1.82) is 0 Å². The third-order valence-electron chi connectivity index (χ3n) is 2.75. The van der Waals surface area contributed by atoms with Crippen LogP contribution in [0.15, 0.2) is 18.3 Å². The van der Waals surface area contributed by atoms with Gasteiger partial charge in [0.1, 0.15) is 11.6 Å². The lowest BCUT2D eigenvalue weighted by molar-refractivity contribution is -0.137. The van der Waals surface area contributed by atoms with Gasteiger partial charge in [-0.25, -0.2) is 4.98 Å². The first kappa shape index (κ1) is 14.2. The number of nitrogen functional groups attached to an aromatic ring is 1. The van der Waals surface area contributed by atoms with Crippen LogP contribution in [0.3, 0.4) is 0 Å². The maximum absolute atomic E-state index is 12.7. The van der Waals surface area contributed by atoms with Crippen LogP contribution in [0, 0.1) is 6.92 Å². The second kappa shape index (κ2) is 5.03. The molecule has 0 unspecified atom stereocenters. The highest BCUT2D eigenvalue weighted by molar-refractivity contribution is 5.47. The second-order valence-electron chi connectivity index (χ2n) is 4.43. The van der Waals surface area contributed by atoms with Gasteiger partial charge in [0.2, 0.25) is 0 Å². The molecular weight excluding hydrogens is 271 g/mol. The normalized spacial score (nSPS) is 11.7. The van der Waals surface area contributed by atoms with Crippen LogP contribution in [0.4, 0.5) is 24.8 Å².